The molecule has 0 atom stereocenters. The van der Waals surface area contributed by atoms with Crippen molar-refractivity contribution in [1.29, 1.82) is 0 Å². The van der Waals surface area contributed by atoms with E-state index in [0.29, 0.717) is 11.0 Å². The van der Waals surface area contributed by atoms with Gasteiger partial charge in [0.1, 0.15) is 0 Å². The van der Waals surface area contributed by atoms with Gasteiger partial charge in [0.15, 0.2) is 0 Å². The average Bonchev–Trinajstić information content (AvgIpc) is 2.56. The predicted octanol–water partition coefficient (Wildman–Crippen LogP) is 4.00. The summed E-state index contributed by atoms with van der Waals surface area (Å²) in [5.41, 5.74) is 3.06. The van der Waals surface area contributed by atoms with E-state index < -0.39 is 0 Å². The molecule has 3 rings (SSSR count). The molecule has 25 heavy (non-hydrogen) atoms. The first kappa shape index (κ1) is 18.1. The van der Waals surface area contributed by atoms with Crippen LogP contribution in [0.3, 0.4) is 0 Å². The van der Waals surface area contributed by atoms with Crippen molar-refractivity contribution in [3.8, 4) is 0 Å². The highest BCUT2D eigenvalue weighted by Crippen LogP contribution is 2.27. The molecule has 5 nitrogen and oxygen atoms in total. The van der Waals surface area contributed by atoms with Crippen LogP contribution in [0.4, 0.5) is 11.6 Å². The van der Waals surface area contributed by atoms with Crippen LogP contribution in [0.5, 0.6) is 0 Å². The third-order valence-electron chi connectivity index (χ3n) is 4.15. The third-order valence-corrected chi connectivity index (χ3v) is 4.39. The molecule has 0 radical (unpaired) electrons. The van der Waals surface area contributed by atoms with Crippen LogP contribution in [0.15, 0.2) is 30.5 Å². The summed E-state index contributed by atoms with van der Waals surface area (Å²) in [6, 6.07) is 7.57. The zero-order chi connectivity index (χ0) is 17.9. The van der Waals surface area contributed by atoms with Gasteiger partial charge in [0.25, 0.3) is 0 Å². The topological polar surface area (TPSA) is 50.3 Å². The van der Waals surface area contributed by atoms with Crippen molar-refractivity contribution >= 4 is 23.2 Å². The Morgan fingerprint density at radius 2 is 2.00 bits per heavy atom. The smallest absolute Gasteiger partial charge is 0.227 e. The van der Waals surface area contributed by atoms with Gasteiger partial charge >= 0.3 is 0 Å². The fourth-order valence-electron chi connectivity index (χ4n) is 2.93. The summed E-state index contributed by atoms with van der Waals surface area (Å²) in [5, 5.41) is 3.93. The van der Waals surface area contributed by atoms with Crippen molar-refractivity contribution in [3.05, 3.63) is 46.7 Å². The van der Waals surface area contributed by atoms with E-state index in [9.17, 15) is 0 Å². The number of anilines is 2. The first-order chi connectivity index (χ1) is 11.9. The molecular weight excluding hydrogens is 336 g/mol. The van der Waals surface area contributed by atoms with Gasteiger partial charge in [-0.25, -0.2) is 9.97 Å². The van der Waals surface area contributed by atoms with E-state index in [-0.39, 0.29) is 5.41 Å². The molecule has 0 bridgehead atoms. The second-order valence-corrected chi connectivity index (χ2v) is 7.78. The van der Waals surface area contributed by atoms with Crippen molar-refractivity contribution in [3.63, 3.8) is 0 Å². The maximum Gasteiger partial charge on any atom is 0.227 e. The van der Waals surface area contributed by atoms with Crippen LogP contribution in [-0.4, -0.2) is 41.2 Å². The lowest BCUT2D eigenvalue weighted by Crippen LogP contribution is -2.36. The number of ether oxygens (including phenoxy) is 1. The van der Waals surface area contributed by atoms with Gasteiger partial charge in [0.05, 0.1) is 18.9 Å². The van der Waals surface area contributed by atoms with Crippen molar-refractivity contribution in [2.75, 3.05) is 31.6 Å². The highest BCUT2D eigenvalue weighted by molar-refractivity contribution is 6.30. The van der Waals surface area contributed by atoms with Crippen LogP contribution in [0.2, 0.25) is 5.02 Å². The van der Waals surface area contributed by atoms with Crippen molar-refractivity contribution < 1.29 is 4.74 Å². The number of hydrogen-bond acceptors (Lipinski definition) is 5. The van der Waals surface area contributed by atoms with Gasteiger partial charge in [-0.05, 0) is 18.2 Å². The molecule has 0 saturated carbocycles. The Morgan fingerprint density at radius 1 is 1.24 bits per heavy atom. The Bertz CT molecular complexity index is 724. The number of hydrogen-bond donors (Lipinski definition) is 1. The number of nitrogens with one attached hydrogen (secondary N) is 1. The van der Waals surface area contributed by atoms with Crippen molar-refractivity contribution in [2.24, 2.45) is 0 Å². The normalized spacial score (nSPS) is 16.0. The minimum absolute atomic E-state index is 0.0602. The molecule has 1 aromatic heterocycles. The maximum atomic E-state index is 6.05. The van der Waals surface area contributed by atoms with Gasteiger partial charge in [-0.15, -0.1) is 0 Å². The summed E-state index contributed by atoms with van der Waals surface area (Å²) in [4.78, 5) is 11.7. The Morgan fingerprint density at radius 3 is 2.68 bits per heavy atom. The van der Waals surface area contributed by atoms with E-state index in [2.05, 4.69) is 36.0 Å². The van der Waals surface area contributed by atoms with E-state index in [4.69, 9.17) is 21.3 Å². The first-order valence-corrected chi connectivity index (χ1v) is 8.99. The number of halogens is 1. The van der Waals surface area contributed by atoms with Gasteiger partial charge in [-0.2, -0.15) is 0 Å². The fourth-order valence-corrected chi connectivity index (χ4v) is 3.12. The zero-order valence-corrected chi connectivity index (χ0v) is 15.8. The Hall–Kier alpha value is -1.69. The second kappa shape index (κ2) is 7.68. The third kappa shape index (κ3) is 4.91. The molecule has 6 heteroatoms. The monoisotopic (exact) mass is 360 g/mol. The summed E-state index contributed by atoms with van der Waals surface area (Å²) in [7, 11) is 0. The molecule has 2 aromatic rings. The van der Waals surface area contributed by atoms with Crippen LogP contribution in [0, 0.1) is 0 Å². The summed E-state index contributed by atoms with van der Waals surface area (Å²) < 4.78 is 5.44. The lowest BCUT2D eigenvalue weighted by Gasteiger charge is -2.29. The highest BCUT2D eigenvalue weighted by Gasteiger charge is 2.23. The molecule has 1 aromatic carbocycles. The summed E-state index contributed by atoms with van der Waals surface area (Å²) in [5.74, 6) is 0.595. The number of rotatable bonds is 4. The van der Waals surface area contributed by atoms with Crippen LogP contribution < -0.4 is 5.32 Å². The van der Waals surface area contributed by atoms with Gasteiger partial charge in [0, 0.05) is 47.5 Å². The Balaban J connectivity index is 1.84. The predicted molar refractivity (Wildman–Crippen MR) is 102 cm³/mol. The van der Waals surface area contributed by atoms with Gasteiger partial charge in [-0.3, -0.25) is 4.90 Å². The molecule has 2 heterocycles. The number of nitrogens with zero attached hydrogens (tertiary/aromatic N) is 3. The molecule has 1 fully saturated rings. The Labute approximate surface area is 154 Å². The van der Waals surface area contributed by atoms with E-state index in [1.54, 1.807) is 0 Å². The van der Waals surface area contributed by atoms with E-state index >= 15 is 0 Å². The molecule has 134 valence electrons. The standard InChI is InChI=1S/C19H25ClN4O/c1-19(2,3)17-14(13-24-7-9-25-10-8-24)12-21-18(23-17)22-16-6-4-5-15(20)11-16/h4-6,11-12H,7-10,13H2,1-3H3,(H,21,22,23). The highest BCUT2D eigenvalue weighted by atomic mass is 35.5. The van der Waals surface area contributed by atoms with Crippen LogP contribution in [0.1, 0.15) is 32.0 Å². The van der Waals surface area contributed by atoms with Crippen LogP contribution >= 0.6 is 11.6 Å². The minimum atomic E-state index is -0.0602. The second-order valence-electron chi connectivity index (χ2n) is 7.34. The SMILES string of the molecule is CC(C)(C)c1nc(Nc2cccc(Cl)c2)ncc1CN1CCOCC1. The summed E-state index contributed by atoms with van der Waals surface area (Å²) in [6.07, 6.45) is 1.94. The molecule has 1 aliphatic rings. The van der Waals surface area contributed by atoms with E-state index in [1.165, 1.54) is 5.56 Å². The Kier molecular flexibility index (Phi) is 5.57. The van der Waals surface area contributed by atoms with Gasteiger partial charge < -0.3 is 10.1 Å². The molecule has 0 amide bonds. The molecule has 0 unspecified atom stereocenters. The van der Waals surface area contributed by atoms with Crippen molar-refractivity contribution in [2.45, 2.75) is 32.7 Å². The van der Waals surface area contributed by atoms with Crippen LogP contribution in [-0.2, 0) is 16.7 Å². The largest absolute Gasteiger partial charge is 0.379 e. The number of benzene rings is 1. The van der Waals surface area contributed by atoms with Crippen LogP contribution in [0.25, 0.3) is 0 Å². The maximum absolute atomic E-state index is 6.05. The molecule has 1 N–H and O–H groups in total. The zero-order valence-electron chi connectivity index (χ0n) is 15.1. The molecular formula is C19H25ClN4O. The summed E-state index contributed by atoms with van der Waals surface area (Å²) in [6.45, 7) is 10.9. The average molecular weight is 361 g/mol. The van der Waals surface area contributed by atoms with Gasteiger partial charge in [-0.1, -0.05) is 38.4 Å². The molecule has 1 saturated heterocycles. The first-order valence-electron chi connectivity index (χ1n) is 8.61. The number of aromatic nitrogens is 2. The minimum Gasteiger partial charge on any atom is -0.379 e. The summed E-state index contributed by atoms with van der Waals surface area (Å²) >= 11 is 6.05. The fraction of sp³-hybridized carbons (Fsp3) is 0.474. The lowest BCUT2D eigenvalue weighted by molar-refractivity contribution is 0.0338. The lowest BCUT2D eigenvalue weighted by atomic mass is 9.88. The van der Waals surface area contributed by atoms with E-state index in [1.807, 2.05) is 30.5 Å². The number of morpholine rings is 1. The quantitative estimate of drug-likeness (QED) is 0.892. The molecule has 0 aliphatic carbocycles. The van der Waals surface area contributed by atoms with E-state index in [0.717, 1.165) is 44.2 Å². The molecule has 0 spiro atoms. The molecule has 1 aliphatic heterocycles. The van der Waals surface area contributed by atoms with Gasteiger partial charge in [0.2, 0.25) is 5.95 Å². The van der Waals surface area contributed by atoms with Crippen molar-refractivity contribution in [1.82, 2.24) is 14.9 Å².